The first-order chi connectivity index (χ1) is 33.5. The topological polar surface area (TPSA) is 112 Å². The van der Waals surface area contributed by atoms with E-state index in [1.165, 1.54) is 56.1 Å². The number of ether oxygens (including phenoxy) is 4. The van der Waals surface area contributed by atoms with E-state index >= 15 is 0 Å². The number of fused-ring (bicyclic) bond motifs is 2. The van der Waals surface area contributed by atoms with Crippen LogP contribution in [0.2, 0.25) is 18.1 Å². The normalized spacial score (nSPS) is 20.3. The predicted octanol–water partition coefficient (Wildman–Crippen LogP) is 14.1. The van der Waals surface area contributed by atoms with Crippen LogP contribution in [0.1, 0.15) is 153 Å². The first kappa shape index (κ1) is 58.7. The molecule has 2 N–H and O–H groups in total. The number of aromatic nitrogens is 2. The number of rotatable bonds is 22. The Morgan fingerprint density at radius 3 is 1.81 bits per heavy atom. The van der Waals surface area contributed by atoms with Gasteiger partial charge >= 0.3 is 0 Å². The van der Waals surface area contributed by atoms with E-state index in [0.29, 0.717) is 54.6 Å². The number of alkyl halides is 2. The highest BCUT2D eigenvalue weighted by molar-refractivity contribution is 6.74. The zero-order valence-corrected chi connectivity index (χ0v) is 46.4. The number of halogens is 2. The van der Waals surface area contributed by atoms with Gasteiger partial charge in [0.05, 0.1) is 26.2 Å². The van der Waals surface area contributed by atoms with Gasteiger partial charge in [-0.2, -0.15) is 0 Å². The van der Waals surface area contributed by atoms with Crippen LogP contribution < -0.4 is 18.9 Å². The van der Waals surface area contributed by atoms with E-state index < -0.39 is 19.3 Å². The second-order valence-electron chi connectivity index (χ2n) is 20.6. The number of unbranched alkanes of at least 4 members (excludes halogenated alkanes) is 11. The van der Waals surface area contributed by atoms with Gasteiger partial charge in [0, 0.05) is 85.2 Å². The maximum Gasteiger partial charge on any atom is 0.191 e. The summed E-state index contributed by atoms with van der Waals surface area (Å²) in [6.07, 6.45) is 23.1. The van der Waals surface area contributed by atoms with Gasteiger partial charge in [-0.1, -0.05) is 103 Å². The van der Waals surface area contributed by atoms with E-state index in [1.807, 2.05) is 55.7 Å². The minimum atomic E-state index is -1.64. The molecule has 0 aliphatic carbocycles. The molecule has 4 aromatic rings. The van der Waals surface area contributed by atoms with Crippen LogP contribution in [0, 0.1) is 11.8 Å². The van der Waals surface area contributed by atoms with Crippen molar-refractivity contribution in [3.63, 3.8) is 0 Å². The Bertz CT molecular complexity index is 2180. The molecule has 70 heavy (non-hydrogen) atoms. The highest BCUT2D eigenvalue weighted by atomic mass is 35.5. The molecule has 2 aromatic carbocycles. The lowest BCUT2D eigenvalue weighted by Crippen LogP contribution is -2.53. The average Bonchev–Trinajstić information content (AvgIpc) is 3.37. The van der Waals surface area contributed by atoms with Gasteiger partial charge in [-0.05, 0) is 110 Å². The summed E-state index contributed by atoms with van der Waals surface area (Å²) in [7, 11) is 1.68. The Morgan fingerprint density at radius 2 is 1.23 bits per heavy atom. The molecule has 0 spiro atoms. The molecular formula is C58H84Cl2N2O7Si. The van der Waals surface area contributed by atoms with Gasteiger partial charge in [-0.25, -0.2) is 0 Å². The maximum atomic E-state index is 12.2. The standard InChI is InChI=1S/C31H45NO4Si.C25H35NO3.C2H4Cl2/c1-29(2,3)37(6,7)36-22-14-12-10-8-9-11-13-19-31(33)27-16-15-26(34-5)23-28(27)35-24-30(31,4)25-17-20-32-21-18-25;1-25(20-13-15-26-16-14-20)19-29-24-18-21(28-2)11-12-22(24)23(25)10-8-6-4-3-5-7-9-17-27;3-1-2-4/h15-18,20-21,23,33H,8-12,14,22,24H2,1-7H3;11-16,18,23,27H,3-10,17,19H2,1-2H3;1-2H2. The number of aliphatic hydroxyl groups is 2. The van der Waals surface area contributed by atoms with Gasteiger partial charge in [-0.3, -0.25) is 9.97 Å². The number of nitrogens with zero attached hydrogens (tertiary/aromatic N) is 2. The predicted molar refractivity (Wildman–Crippen MR) is 291 cm³/mol. The van der Waals surface area contributed by atoms with Crippen LogP contribution in [0.4, 0.5) is 0 Å². The largest absolute Gasteiger partial charge is 0.497 e. The number of pyridine rings is 2. The molecule has 12 heteroatoms. The van der Waals surface area contributed by atoms with E-state index in [9.17, 15) is 5.11 Å². The highest BCUT2D eigenvalue weighted by Crippen LogP contribution is 2.51. The first-order valence-electron chi connectivity index (χ1n) is 25.6. The summed E-state index contributed by atoms with van der Waals surface area (Å²) in [5.41, 5.74) is 2.01. The molecule has 0 amide bonds. The molecule has 4 atom stereocenters. The molecule has 0 radical (unpaired) electrons. The molecule has 386 valence electrons. The SMILES string of the molecule is COc1ccc2c(c1)OCC(C)(c1ccncc1)C2(O)C#CCCCCCCCO[Si](C)(C)C(C)(C)C.COc1ccc2c(c1)OCC(C)(c1ccncc1)C2CCCCCCCCCO.ClCCCl. The molecule has 4 heterocycles. The van der Waals surface area contributed by atoms with Crippen molar-refractivity contribution >= 4 is 31.5 Å². The number of hydrogen-bond donors (Lipinski definition) is 2. The molecule has 0 bridgehead atoms. The summed E-state index contributed by atoms with van der Waals surface area (Å²) in [6.45, 7) is 18.0. The fourth-order valence-electron chi connectivity index (χ4n) is 9.03. The van der Waals surface area contributed by atoms with Crippen LogP contribution in [0.25, 0.3) is 0 Å². The lowest BCUT2D eigenvalue weighted by atomic mass is 9.65. The summed E-state index contributed by atoms with van der Waals surface area (Å²) in [5.74, 6) is 11.2. The Morgan fingerprint density at radius 1 is 0.700 bits per heavy atom. The second kappa shape index (κ2) is 29.0. The lowest BCUT2D eigenvalue weighted by molar-refractivity contribution is -0.0271. The summed E-state index contributed by atoms with van der Waals surface area (Å²) in [5, 5.41) is 21.3. The number of methoxy groups -OCH3 is 2. The van der Waals surface area contributed by atoms with Gasteiger partial charge in [0.2, 0.25) is 0 Å². The number of hydrogen-bond acceptors (Lipinski definition) is 9. The molecule has 0 saturated heterocycles. The summed E-state index contributed by atoms with van der Waals surface area (Å²) in [6, 6.07) is 19.9. The second-order valence-corrected chi connectivity index (χ2v) is 26.2. The van der Waals surface area contributed by atoms with Crippen LogP contribution in [-0.4, -0.2) is 80.9 Å². The first-order valence-corrected chi connectivity index (χ1v) is 29.5. The van der Waals surface area contributed by atoms with Crippen LogP contribution in [0.15, 0.2) is 85.5 Å². The van der Waals surface area contributed by atoms with Gasteiger partial charge in [0.25, 0.3) is 0 Å². The van der Waals surface area contributed by atoms with Crippen molar-refractivity contribution in [2.24, 2.45) is 0 Å². The van der Waals surface area contributed by atoms with Crippen molar-refractivity contribution < 1.29 is 33.6 Å². The Kier molecular flexibility index (Phi) is 24.4. The van der Waals surface area contributed by atoms with Gasteiger partial charge < -0.3 is 33.6 Å². The van der Waals surface area contributed by atoms with Crippen LogP contribution in [-0.2, 0) is 20.9 Å². The maximum absolute atomic E-state index is 12.2. The molecule has 2 aliphatic heterocycles. The van der Waals surface area contributed by atoms with E-state index in [0.717, 1.165) is 68.6 Å². The van der Waals surface area contributed by atoms with Crippen molar-refractivity contribution in [3.8, 4) is 34.8 Å². The third kappa shape index (κ3) is 16.1. The van der Waals surface area contributed by atoms with Crippen molar-refractivity contribution in [2.45, 2.75) is 165 Å². The van der Waals surface area contributed by atoms with Crippen LogP contribution in [0.3, 0.4) is 0 Å². The average molecular weight is 1020 g/mol. The summed E-state index contributed by atoms with van der Waals surface area (Å²) < 4.78 is 29.4. The lowest BCUT2D eigenvalue weighted by Gasteiger charge is -2.46. The molecular weight excluding hydrogens is 936 g/mol. The summed E-state index contributed by atoms with van der Waals surface area (Å²) >= 11 is 10.1. The van der Waals surface area contributed by atoms with E-state index in [4.69, 9.17) is 51.7 Å². The highest BCUT2D eigenvalue weighted by Gasteiger charge is 2.53. The minimum Gasteiger partial charge on any atom is -0.497 e. The number of benzene rings is 2. The Balaban J connectivity index is 0.000000290. The van der Waals surface area contributed by atoms with Crippen molar-refractivity contribution in [3.05, 3.63) is 108 Å². The molecule has 9 nitrogen and oxygen atoms in total. The quantitative estimate of drug-likeness (QED) is 0.0344. The Labute approximate surface area is 432 Å². The van der Waals surface area contributed by atoms with E-state index in [2.05, 4.69) is 86.9 Å². The zero-order valence-electron chi connectivity index (χ0n) is 43.9. The zero-order chi connectivity index (χ0) is 51.1. The Hall–Kier alpha value is -3.82. The third-order valence-corrected chi connectivity index (χ3v) is 19.8. The van der Waals surface area contributed by atoms with Crippen LogP contribution in [0.5, 0.6) is 23.0 Å². The van der Waals surface area contributed by atoms with Crippen molar-refractivity contribution in [1.29, 1.82) is 0 Å². The molecule has 6 rings (SSSR count). The number of aliphatic hydroxyl groups excluding tert-OH is 1. The third-order valence-electron chi connectivity index (χ3n) is 14.7. The molecule has 0 saturated carbocycles. The molecule has 2 aliphatic rings. The monoisotopic (exact) mass is 1020 g/mol. The fraction of sp³-hybridized carbons (Fsp3) is 0.586. The van der Waals surface area contributed by atoms with E-state index in [1.54, 1.807) is 26.6 Å². The van der Waals surface area contributed by atoms with E-state index in [-0.39, 0.29) is 10.5 Å². The van der Waals surface area contributed by atoms with Crippen LogP contribution >= 0.6 is 23.2 Å². The van der Waals surface area contributed by atoms with Gasteiger partial charge in [0.15, 0.2) is 13.9 Å². The van der Waals surface area contributed by atoms with Crippen molar-refractivity contribution in [2.75, 3.05) is 52.4 Å². The van der Waals surface area contributed by atoms with Crippen molar-refractivity contribution in [1.82, 2.24) is 9.97 Å². The fourth-order valence-corrected chi connectivity index (χ4v) is 10.1. The smallest absolute Gasteiger partial charge is 0.191 e. The molecule has 2 aromatic heterocycles. The van der Waals surface area contributed by atoms with Gasteiger partial charge in [-0.15, -0.1) is 23.2 Å². The molecule has 0 fully saturated rings. The molecule has 4 unspecified atom stereocenters. The summed E-state index contributed by atoms with van der Waals surface area (Å²) in [4.78, 5) is 8.36. The minimum absolute atomic E-state index is 0.0638. The van der Waals surface area contributed by atoms with Gasteiger partial charge in [0.1, 0.15) is 29.6 Å².